The number of hydrogen-bond acceptors (Lipinski definition) is 7. The van der Waals surface area contributed by atoms with Gasteiger partial charge >= 0.3 is 0 Å². The van der Waals surface area contributed by atoms with Gasteiger partial charge in [0.2, 0.25) is 0 Å². The lowest BCUT2D eigenvalue weighted by Crippen LogP contribution is -2.27. The van der Waals surface area contributed by atoms with Gasteiger partial charge < -0.3 is 9.15 Å². The Balaban J connectivity index is 1.58. The summed E-state index contributed by atoms with van der Waals surface area (Å²) >= 11 is 6.72. The molecule has 0 aliphatic carbocycles. The summed E-state index contributed by atoms with van der Waals surface area (Å²) < 4.78 is 24.0. The third-order valence-electron chi connectivity index (χ3n) is 4.78. The van der Waals surface area contributed by atoms with Crippen molar-refractivity contribution in [2.24, 2.45) is 0 Å². The van der Waals surface area contributed by atoms with E-state index in [1.54, 1.807) is 6.07 Å². The number of nitro benzene ring substituents is 1. The highest BCUT2D eigenvalue weighted by Gasteiger charge is 2.35. The molecule has 0 unspecified atom stereocenters. The van der Waals surface area contributed by atoms with Crippen molar-refractivity contribution in [1.29, 1.82) is 0 Å². The van der Waals surface area contributed by atoms with Crippen LogP contribution in [0, 0.1) is 15.9 Å². The molecule has 2 amide bonds. The molecule has 33 heavy (non-hydrogen) atoms. The van der Waals surface area contributed by atoms with Crippen LogP contribution in [0.1, 0.15) is 11.3 Å². The summed E-state index contributed by atoms with van der Waals surface area (Å²) in [5.74, 6) is -0.303. The standard InChI is InChI=1S/C22H14ClFN2O6S/c1-31-14-4-6-16(18(9-14)26(29)30)19-7-5-15(32-19)10-20-21(27)25(22(28)33-20)11-12-2-3-13(24)8-17(12)23/h2-10H,11H2,1H3/b20-10-. The molecule has 0 N–H and O–H groups in total. The fourth-order valence-corrected chi connectivity index (χ4v) is 4.20. The Morgan fingerprint density at radius 2 is 2.00 bits per heavy atom. The van der Waals surface area contributed by atoms with Gasteiger partial charge in [0, 0.05) is 11.1 Å². The van der Waals surface area contributed by atoms with E-state index in [-0.39, 0.29) is 39.2 Å². The van der Waals surface area contributed by atoms with E-state index in [0.717, 1.165) is 22.7 Å². The smallest absolute Gasteiger partial charge is 0.293 e. The van der Waals surface area contributed by atoms with Crippen LogP contribution in [-0.2, 0) is 11.3 Å². The van der Waals surface area contributed by atoms with E-state index in [9.17, 15) is 24.1 Å². The number of carbonyl (C=O) groups excluding carboxylic acids is 2. The molecule has 1 aliphatic rings. The molecule has 8 nitrogen and oxygen atoms in total. The van der Waals surface area contributed by atoms with E-state index in [1.807, 2.05) is 0 Å². The van der Waals surface area contributed by atoms with Crippen molar-refractivity contribution < 1.29 is 28.1 Å². The molecule has 2 heterocycles. The van der Waals surface area contributed by atoms with Crippen LogP contribution in [-0.4, -0.2) is 28.1 Å². The topological polar surface area (TPSA) is 103 Å². The number of benzene rings is 2. The number of methoxy groups -OCH3 is 1. The van der Waals surface area contributed by atoms with Gasteiger partial charge in [0.25, 0.3) is 16.8 Å². The first-order chi connectivity index (χ1) is 15.8. The molecule has 2 aromatic carbocycles. The molecule has 1 fully saturated rings. The van der Waals surface area contributed by atoms with Crippen molar-refractivity contribution in [2.45, 2.75) is 6.54 Å². The van der Waals surface area contributed by atoms with Crippen molar-refractivity contribution >= 4 is 46.3 Å². The number of imide groups is 1. The van der Waals surface area contributed by atoms with E-state index >= 15 is 0 Å². The van der Waals surface area contributed by atoms with Gasteiger partial charge in [-0.05, 0) is 53.7 Å². The number of nitro groups is 1. The maximum Gasteiger partial charge on any atom is 0.293 e. The summed E-state index contributed by atoms with van der Waals surface area (Å²) in [5, 5.41) is 11.0. The second-order valence-electron chi connectivity index (χ2n) is 6.85. The summed E-state index contributed by atoms with van der Waals surface area (Å²) in [4.78, 5) is 37.1. The number of hydrogen-bond donors (Lipinski definition) is 0. The maximum atomic E-state index is 13.3. The normalized spacial score (nSPS) is 14.9. The third kappa shape index (κ3) is 4.62. The Hall–Kier alpha value is -3.63. The number of furan rings is 1. The zero-order valence-corrected chi connectivity index (χ0v) is 18.5. The maximum absolute atomic E-state index is 13.3. The second-order valence-corrected chi connectivity index (χ2v) is 8.25. The van der Waals surface area contributed by atoms with Gasteiger partial charge in [-0.1, -0.05) is 17.7 Å². The van der Waals surface area contributed by atoms with Crippen molar-refractivity contribution in [3.05, 3.63) is 85.7 Å². The van der Waals surface area contributed by atoms with E-state index in [0.29, 0.717) is 11.3 Å². The monoisotopic (exact) mass is 488 g/mol. The molecular formula is C22H14ClFN2O6S. The fourth-order valence-electron chi connectivity index (χ4n) is 3.16. The third-order valence-corrected chi connectivity index (χ3v) is 6.04. The van der Waals surface area contributed by atoms with Gasteiger partial charge in [-0.3, -0.25) is 24.6 Å². The van der Waals surface area contributed by atoms with Crippen LogP contribution in [0.15, 0.2) is 57.9 Å². The highest BCUT2D eigenvalue weighted by molar-refractivity contribution is 8.18. The number of ether oxygens (including phenoxy) is 1. The zero-order chi connectivity index (χ0) is 23.7. The molecule has 1 saturated heterocycles. The minimum absolute atomic E-state index is 0.106. The minimum atomic E-state index is -0.557. The SMILES string of the molecule is COc1ccc(-c2ccc(/C=C3\SC(=O)N(Cc4ccc(F)cc4Cl)C3=O)o2)c([N+](=O)[O-])c1. The highest BCUT2D eigenvalue weighted by atomic mass is 35.5. The largest absolute Gasteiger partial charge is 0.497 e. The van der Waals surface area contributed by atoms with Gasteiger partial charge in [0.1, 0.15) is 23.1 Å². The molecule has 1 aliphatic heterocycles. The molecule has 3 aromatic rings. The van der Waals surface area contributed by atoms with E-state index in [4.69, 9.17) is 20.8 Å². The number of amides is 2. The molecule has 1 aromatic heterocycles. The Kier molecular flexibility index (Phi) is 6.21. The number of thioether (sulfide) groups is 1. The molecule has 0 saturated carbocycles. The van der Waals surface area contributed by atoms with Gasteiger partial charge in [0.05, 0.1) is 35.1 Å². The van der Waals surface area contributed by atoms with Crippen LogP contribution in [0.3, 0.4) is 0 Å². The Bertz CT molecular complexity index is 1320. The van der Waals surface area contributed by atoms with Gasteiger partial charge in [-0.15, -0.1) is 0 Å². The molecule has 0 radical (unpaired) electrons. The van der Waals surface area contributed by atoms with E-state index < -0.39 is 21.9 Å². The summed E-state index contributed by atoms with van der Waals surface area (Å²) in [6.07, 6.45) is 1.38. The van der Waals surface area contributed by atoms with Crippen LogP contribution in [0.2, 0.25) is 5.02 Å². The lowest BCUT2D eigenvalue weighted by molar-refractivity contribution is -0.384. The van der Waals surface area contributed by atoms with Crippen molar-refractivity contribution in [2.75, 3.05) is 7.11 Å². The van der Waals surface area contributed by atoms with Crippen molar-refractivity contribution in [3.8, 4) is 17.1 Å². The summed E-state index contributed by atoms with van der Waals surface area (Å²) in [7, 11) is 1.40. The molecular weight excluding hydrogens is 475 g/mol. The average molecular weight is 489 g/mol. The lowest BCUT2D eigenvalue weighted by atomic mass is 10.1. The predicted molar refractivity (Wildman–Crippen MR) is 120 cm³/mol. The number of halogens is 2. The Morgan fingerprint density at radius 1 is 1.21 bits per heavy atom. The summed E-state index contributed by atoms with van der Waals surface area (Å²) in [6, 6.07) is 11.1. The molecule has 0 spiro atoms. The Labute approximate surface area is 195 Å². The van der Waals surface area contributed by atoms with Crippen LogP contribution >= 0.6 is 23.4 Å². The van der Waals surface area contributed by atoms with Crippen LogP contribution in [0.5, 0.6) is 5.75 Å². The molecule has 11 heteroatoms. The molecule has 0 atom stereocenters. The fraction of sp³-hybridized carbons (Fsp3) is 0.0909. The quantitative estimate of drug-likeness (QED) is 0.242. The molecule has 168 valence electrons. The number of carbonyl (C=O) groups is 2. The lowest BCUT2D eigenvalue weighted by Gasteiger charge is -2.13. The Morgan fingerprint density at radius 3 is 2.70 bits per heavy atom. The molecule has 0 bridgehead atoms. The second kappa shape index (κ2) is 9.08. The minimum Gasteiger partial charge on any atom is -0.497 e. The van der Waals surface area contributed by atoms with Gasteiger partial charge in [0.15, 0.2) is 0 Å². The highest BCUT2D eigenvalue weighted by Crippen LogP contribution is 2.37. The number of nitrogens with zero attached hydrogens (tertiary/aromatic N) is 2. The summed E-state index contributed by atoms with van der Waals surface area (Å²) in [6.45, 7) is -0.109. The van der Waals surface area contributed by atoms with E-state index in [1.165, 1.54) is 49.6 Å². The number of rotatable bonds is 6. The van der Waals surface area contributed by atoms with Crippen LogP contribution in [0.25, 0.3) is 17.4 Å². The van der Waals surface area contributed by atoms with Crippen LogP contribution < -0.4 is 4.74 Å². The average Bonchev–Trinajstić information content (AvgIpc) is 3.35. The summed E-state index contributed by atoms with van der Waals surface area (Å²) in [5.41, 5.74) is 0.458. The first-order valence-electron chi connectivity index (χ1n) is 9.38. The van der Waals surface area contributed by atoms with Crippen molar-refractivity contribution in [1.82, 2.24) is 4.90 Å². The first kappa shape index (κ1) is 22.6. The zero-order valence-electron chi connectivity index (χ0n) is 16.9. The predicted octanol–water partition coefficient (Wildman–Crippen LogP) is 5.89. The van der Waals surface area contributed by atoms with Crippen LogP contribution in [0.4, 0.5) is 14.9 Å². The van der Waals surface area contributed by atoms with Gasteiger partial charge in [-0.2, -0.15) is 0 Å². The molecule has 4 rings (SSSR count). The van der Waals surface area contributed by atoms with Gasteiger partial charge in [-0.25, -0.2) is 4.39 Å². The first-order valence-corrected chi connectivity index (χ1v) is 10.6. The van der Waals surface area contributed by atoms with E-state index in [2.05, 4.69) is 0 Å². The van der Waals surface area contributed by atoms with Crippen molar-refractivity contribution in [3.63, 3.8) is 0 Å².